The highest BCUT2D eigenvalue weighted by atomic mass is 16.1. The minimum Gasteiger partial charge on any atom is -0.370 e. The van der Waals surface area contributed by atoms with E-state index in [4.69, 9.17) is 5.73 Å². The van der Waals surface area contributed by atoms with E-state index in [2.05, 4.69) is 13.8 Å². The minimum absolute atomic E-state index is 0.174. The predicted octanol–water partition coefficient (Wildman–Crippen LogP) is 4.87. The van der Waals surface area contributed by atoms with Gasteiger partial charge < -0.3 is 5.73 Å². The fourth-order valence-electron chi connectivity index (χ4n) is 8.07. The van der Waals surface area contributed by atoms with E-state index < -0.39 is 0 Å². The molecule has 0 saturated heterocycles. The Bertz CT molecular complexity index is 587. The second-order valence-corrected chi connectivity index (χ2v) is 10.5. The van der Waals surface area contributed by atoms with E-state index >= 15 is 0 Å². The molecule has 0 aliphatic heterocycles. The van der Waals surface area contributed by atoms with E-state index in [1.54, 1.807) is 0 Å². The molecule has 4 aliphatic carbocycles. The number of carbonyl (C=O) groups is 2. The van der Waals surface area contributed by atoms with Crippen LogP contribution in [0.4, 0.5) is 0 Å². The van der Waals surface area contributed by atoms with Crippen LogP contribution in [0.5, 0.6) is 0 Å². The van der Waals surface area contributed by atoms with Gasteiger partial charge in [-0.1, -0.05) is 26.7 Å². The number of fused-ring (bicyclic) bond motifs is 5. The maximum atomic E-state index is 13.3. The Morgan fingerprint density at radius 1 is 1.04 bits per heavy atom. The number of Topliss-reactive ketones (excluding diaryl/α,β-unsaturated/α-hetero) is 1. The molecule has 7 unspecified atom stereocenters. The predicted molar refractivity (Wildman–Crippen MR) is 103 cm³/mol. The summed E-state index contributed by atoms with van der Waals surface area (Å²) in [5.74, 6) is 3.32. The van der Waals surface area contributed by atoms with Crippen LogP contribution in [0.15, 0.2) is 0 Å². The van der Waals surface area contributed by atoms with Gasteiger partial charge in [0.15, 0.2) is 0 Å². The van der Waals surface area contributed by atoms with Crippen LogP contribution in [-0.4, -0.2) is 11.7 Å². The molecule has 0 aromatic rings. The summed E-state index contributed by atoms with van der Waals surface area (Å²) in [5.41, 5.74) is 6.07. The summed E-state index contributed by atoms with van der Waals surface area (Å²) in [4.78, 5) is 24.4. The maximum absolute atomic E-state index is 13.3. The fraction of sp³-hybridized carbons (Fsp3) is 0.913. The summed E-state index contributed by atoms with van der Waals surface area (Å²) in [6.45, 7) is 5.00. The highest BCUT2D eigenvalue weighted by Gasteiger charge is 2.61. The van der Waals surface area contributed by atoms with Gasteiger partial charge in [-0.25, -0.2) is 0 Å². The van der Waals surface area contributed by atoms with Crippen LogP contribution in [0.25, 0.3) is 0 Å². The Morgan fingerprint density at radius 2 is 1.81 bits per heavy atom. The third-order valence-electron chi connectivity index (χ3n) is 9.56. The van der Waals surface area contributed by atoms with Crippen LogP contribution in [0.2, 0.25) is 0 Å². The van der Waals surface area contributed by atoms with Crippen molar-refractivity contribution in [3.05, 3.63) is 0 Å². The van der Waals surface area contributed by atoms with Crippen LogP contribution < -0.4 is 5.73 Å². The number of amides is 1. The number of rotatable bonds is 4. The molecule has 7 atom stereocenters. The van der Waals surface area contributed by atoms with Crippen molar-refractivity contribution in [3.8, 4) is 0 Å². The zero-order valence-corrected chi connectivity index (χ0v) is 16.8. The van der Waals surface area contributed by atoms with E-state index in [0.29, 0.717) is 52.6 Å². The van der Waals surface area contributed by atoms with Crippen molar-refractivity contribution in [2.24, 2.45) is 46.2 Å². The largest absolute Gasteiger partial charge is 0.370 e. The van der Waals surface area contributed by atoms with Crippen LogP contribution in [0.3, 0.4) is 0 Å². The van der Waals surface area contributed by atoms with Crippen LogP contribution in [0.1, 0.15) is 90.9 Å². The van der Waals surface area contributed by atoms with Crippen molar-refractivity contribution in [1.82, 2.24) is 0 Å². The van der Waals surface area contributed by atoms with Gasteiger partial charge in [-0.2, -0.15) is 0 Å². The van der Waals surface area contributed by atoms with Crippen LogP contribution in [0, 0.1) is 40.4 Å². The molecule has 0 radical (unpaired) electrons. The molecule has 4 rings (SSSR count). The number of ketones is 1. The van der Waals surface area contributed by atoms with Crippen LogP contribution >= 0.6 is 0 Å². The minimum atomic E-state index is -0.174. The molecule has 4 fully saturated rings. The highest BCUT2D eigenvalue weighted by molar-refractivity contribution is 5.83. The Hall–Kier alpha value is -0.860. The lowest BCUT2D eigenvalue weighted by molar-refractivity contribution is -0.155. The van der Waals surface area contributed by atoms with Gasteiger partial charge in [0.1, 0.15) is 5.78 Å². The average Bonchev–Trinajstić information content (AvgIpc) is 2.92. The second-order valence-electron chi connectivity index (χ2n) is 10.5. The van der Waals surface area contributed by atoms with Gasteiger partial charge in [-0.05, 0) is 85.9 Å². The average molecular weight is 360 g/mol. The Morgan fingerprint density at radius 3 is 2.58 bits per heavy atom. The molecule has 26 heavy (non-hydrogen) atoms. The van der Waals surface area contributed by atoms with Crippen molar-refractivity contribution in [1.29, 1.82) is 0 Å². The van der Waals surface area contributed by atoms with E-state index in [1.807, 2.05) is 0 Å². The van der Waals surface area contributed by atoms with Gasteiger partial charge in [0.05, 0.1) is 0 Å². The molecule has 3 nitrogen and oxygen atoms in total. The van der Waals surface area contributed by atoms with E-state index in [9.17, 15) is 9.59 Å². The Balaban J connectivity index is 1.54. The number of carbonyl (C=O) groups excluding carboxylic acids is 2. The lowest BCUT2D eigenvalue weighted by Gasteiger charge is -2.59. The number of primary amides is 1. The molecule has 0 aromatic carbocycles. The zero-order chi connectivity index (χ0) is 18.5. The summed E-state index contributed by atoms with van der Waals surface area (Å²) in [6.07, 6.45) is 13.7. The first-order valence-electron chi connectivity index (χ1n) is 11.2. The normalized spacial score (nSPS) is 47.8. The molecule has 146 valence electrons. The summed E-state index contributed by atoms with van der Waals surface area (Å²) >= 11 is 0. The van der Waals surface area contributed by atoms with Crippen molar-refractivity contribution < 1.29 is 9.59 Å². The molecule has 4 saturated carbocycles. The Labute approximate surface area is 158 Å². The molecule has 0 bridgehead atoms. The highest BCUT2D eigenvalue weighted by Crippen LogP contribution is 2.67. The molecular weight excluding hydrogens is 322 g/mol. The summed E-state index contributed by atoms with van der Waals surface area (Å²) in [6, 6.07) is 0. The molecule has 2 N–H and O–H groups in total. The quantitative estimate of drug-likeness (QED) is 0.778. The molecule has 0 spiro atoms. The van der Waals surface area contributed by atoms with Crippen molar-refractivity contribution in [2.75, 3.05) is 0 Å². The summed E-state index contributed by atoms with van der Waals surface area (Å²) < 4.78 is 0. The Kier molecular flexibility index (Phi) is 4.72. The number of hydrogen-bond donors (Lipinski definition) is 1. The van der Waals surface area contributed by atoms with Gasteiger partial charge >= 0.3 is 0 Å². The smallest absolute Gasteiger partial charge is 0.217 e. The van der Waals surface area contributed by atoms with Gasteiger partial charge in [0.25, 0.3) is 0 Å². The maximum Gasteiger partial charge on any atom is 0.217 e. The lowest BCUT2D eigenvalue weighted by Crippen LogP contribution is -2.56. The topological polar surface area (TPSA) is 60.2 Å². The summed E-state index contributed by atoms with van der Waals surface area (Å²) in [5, 5.41) is 0. The molecule has 4 aliphatic rings. The van der Waals surface area contributed by atoms with Crippen molar-refractivity contribution in [2.45, 2.75) is 90.9 Å². The summed E-state index contributed by atoms with van der Waals surface area (Å²) in [7, 11) is 0. The first-order chi connectivity index (χ1) is 12.4. The molecule has 1 amide bonds. The third kappa shape index (κ3) is 2.76. The van der Waals surface area contributed by atoms with Gasteiger partial charge in [0, 0.05) is 18.8 Å². The number of nitrogens with two attached hydrogens (primary N) is 1. The van der Waals surface area contributed by atoms with E-state index in [1.165, 1.54) is 51.4 Å². The third-order valence-corrected chi connectivity index (χ3v) is 9.56. The van der Waals surface area contributed by atoms with E-state index in [0.717, 1.165) is 19.3 Å². The van der Waals surface area contributed by atoms with Gasteiger partial charge in [0.2, 0.25) is 5.91 Å². The second kappa shape index (κ2) is 6.63. The SMILES string of the molecule is CC12CCC3C(C(=O)CC4CCCCC43C)C1CCC2CCCC(N)=O. The van der Waals surface area contributed by atoms with Gasteiger partial charge in [-0.3, -0.25) is 9.59 Å². The van der Waals surface area contributed by atoms with Crippen molar-refractivity contribution in [3.63, 3.8) is 0 Å². The molecule has 0 aromatic heterocycles. The van der Waals surface area contributed by atoms with Crippen molar-refractivity contribution >= 4 is 11.7 Å². The monoisotopic (exact) mass is 359 g/mol. The lowest BCUT2D eigenvalue weighted by atomic mass is 9.44. The number of hydrogen-bond acceptors (Lipinski definition) is 2. The first-order valence-corrected chi connectivity index (χ1v) is 11.2. The standard InChI is InChI=1S/C23H37NO2/c1-22-12-4-3-6-16(22)14-19(25)21-17-10-9-15(7-5-8-20(24)26)23(17,2)13-11-18(21)22/h15-18,21H,3-14H2,1-2H3,(H2,24,26). The van der Waals surface area contributed by atoms with Gasteiger partial charge in [-0.15, -0.1) is 0 Å². The first kappa shape index (κ1) is 18.5. The molecule has 0 heterocycles. The zero-order valence-electron chi connectivity index (χ0n) is 16.8. The molecular formula is C23H37NO2. The van der Waals surface area contributed by atoms with E-state index in [-0.39, 0.29) is 5.91 Å². The molecule has 3 heteroatoms. The fourth-order valence-corrected chi connectivity index (χ4v) is 8.07. The van der Waals surface area contributed by atoms with Crippen LogP contribution in [-0.2, 0) is 9.59 Å².